The van der Waals surface area contributed by atoms with Crippen LogP contribution in [0.1, 0.15) is 139 Å². The molecule has 0 saturated carbocycles. The number of ketones is 1. The Morgan fingerprint density at radius 1 is 0.597 bits per heavy atom. The van der Waals surface area contributed by atoms with Crippen LogP contribution in [0, 0.1) is 0 Å². The Kier molecular flexibility index (Phi) is 40.1. The van der Waals surface area contributed by atoms with Gasteiger partial charge in [-0.05, 0) is 69.2 Å². The van der Waals surface area contributed by atoms with Crippen LogP contribution in [0.2, 0.25) is 0 Å². The van der Waals surface area contributed by atoms with Gasteiger partial charge in [-0.2, -0.15) is 0 Å². The van der Waals surface area contributed by atoms with Crippen molar-refractivity contribution in [1.82, 2.24) is 16.0 Å². The van der Waals surface area contributed by atoms with Gasteiger partial charge in [0, 0.05) is 39.6 Å². The van der Waals surface area contributed by atoms with Gasteiger partial charge in [0.15, 0.2) is 5.78 Å². The predicted molar refractivity (Wildman–Crippen MR) is 241 cm³/mol. The number of carboxylic acid groups (broad SMARTS) is 2. The number of amides is 3. The fraction of sp³-hybridized carbons (Fsp3) is 0.733. The number of rotatable bonds is 41. The highest BCUT2D eigenvalue weighted by molar-refractivity contribution is 9.09. The van der Waals surface area contributed by atoms with Crippen molar-refractivity contribution in [2.75, 3.05) is 78.4 Å². The second-order valence-corrected chi connectivity index (χ2v) is 15.4. The highest BCUT2D eigenvalue weighted by Crippen LogP contribution is 2.15. The number of carbonyl (C=O) groups excluding carboxylic acids is 4. The molecule has 1 aromatic carbocycles. The van der Waals surface area contributed by atoms with Gasteiger partial charge in [0.05, 0.1) is 43.9 Å². The van der Waals surface area contributed by atoms with Gasteiger partial charge in [0.2, 0.25) is 17.7 Å². The van der Waals surface area contributed by atoms with Crippen LogP contribution < -0.4 is 20.7 Å². The van der Waals surface area contributed by atoms with Gasteiger partial charge < -0.3 is 49.8 Å². The first-order chi connectivity index (χ1) is 30.0. The summed E-state index contributed by atoms with van der Waals surface area (Å²) in [5, 5.41) is 26.3. The van der Waals surface area contributed by atoms with E-state index in [0.29, 0.717) is 65.1 Å². The summed E-state index contributed by atoms with van der Waals surface area (Å²) in [6.45, 7) is 5.45. The summed E-state index contributed by atoms with van der Waals surface area (Å²) < 4.78 is 26.1. The summed E-state index contributed by atoms with van der Waals surface area (Å²) in [6.07, 6.45) is 18.8. The molecule has 1 aromatic rings. The molecule has 17 heteroatoms. The molecule has 0 fully saturated rings. The molecule has 1 rings (SSSR count). The summed E-state index contributed by atoms with van der Waals surface area (Å²) >= 11 is 3.03. The number of methoxy groups -OCH3 is 1. The third-order valence-electron chi connectivity index (χ3n) is 9.28. The summed E-state index contributed by atoms with van der Waals surface area (Å²) in [6, 6.07) is 5.57. The summed E-state index contributed by atoms with van der Waals surface area (Å²) in [5.41, 5.74) is 0.286. The molecule has 0 radical (unpaired) electrons. The number of carbonyl (C=O) groups is 6. The van der Waals surface area contributed by atoms with Gasteiger partial charge >= 0.3 is 11.9 Å². The lowest BCUT2D eigenvalue weighted by molar-refractivity contribution is -0.142. The largest absolute Gasteiger partial charge is 0.494 e. The zero-order chi connectivity index (χ0) is 45.9. The van der Waals surface area contributed by atoms with E-state index in [1.54, 1.807) is 31.4 Å². The first-order valence-corrected chi connectivity index (χ1v) is 23.5. The van der Waals surface area contributed by atoms with Crippen molar-refractivity contribution in [3.63, 3.8) is 0 Å². The standard InChI is InChI=1S/C25H41NO4.C20H35BrN2O9/c1-2-20-26-24(27)15-13-11-9-7-5-3-4-6-8-10-12-14-21-30-23-18-16-22(17-19-23)25(28)29;1-29-9-10-31-14-16(24)5-4-8-30-11-12-32-15-19(26)23-17(20(27)28)6-2-3-7-22-18(25)13-21/h16-19H,2-15,20-21H2,1H3,(H,26,27)(H,28,29);17H,2-15H2,1H3,(H,22,25)(H,23,26)(H,27,28)/t;17-/m.1/s1. The number of benzene rings is 1. The molecule has 0 saturated heterocycles. The van der Waals surface area contributed by atoms with E-state index in [9.17, 15) is 33.9 Å². The van der Waals surface area contributed by atoms with Crippen LogP contribution in [-0.4, -0.2) is 130 Å². The van der Waals surface area contributed by atoms with Crippen molar-refractivity contribution in [3.8, 4) is 5.75 Å². The molecule has 0 aliphatic carbocycles. The van der Waals surface area contributed by atoms with Gasteiger partial charge in [-0.15, -0.1) is 0 Å². The quantitative estimate of drug-likeness (QED) is 0.0343. The lowest BCUT2D eigenvalue weighted by atomic mass is 10.0. The smallest absolute Gasteiger partial charge is 0.335 e. The first kappa shape index (κ1) is 58.4. The minimum Gasteiger partial charge on any atom is -0.494 e. The number of halogens is 1. The van der Waals surface area contributed by atoms with Crippen LogP contribution in [0.25, 0.3) is 0 Å². The van der Waals surface area contributed by atoms with E-state index in [1.807, 2.05) is 0 Å². The fourth-order valence-electron chi connectivity index (χ4n) is 5.79. The Hall–Kier alpha value is -3.64. The number of unbranched alkanes of at least 4 members (excludes halogenated alkanes) is 12. The van der Waals surface area contributed by atoms with E-state index >= 15 is 0 Å². The molecule has 0 spiro atoms. The Morgan fingerprint density at radius 2 is 1.18 bits per heavy atom. The van der Waals surface area contributed by atoms with Crippen molar-refractivity contribution in [2.45, 2.75) is 135 Å². The maximum Gasteiger partial charge on any atom is 0.335 e. The normalized spacial score (nSPS) is 11.2. The average Bonchev–Trinajstić information content (AvgIpc) is 3.26. The predicted octanol–water partition coefficient (Wildman–Crippen LogP) is 6.64. The van der Waals surface area contributed by atoms with Crippen LogP contribution in [-0.2, 0) is 42.9 Å². The van der Waals surface area contributed by atoms with Crippen LogP contribution in [0.4, 0.5) is 0 Å². The van der Waals surface area contributed by atoms with Crippen molar-refractivity contribution in [3.05, 3.63) is 29.8 Å². The van der Waals surface area contributed by atoms with Crippen molar-refractivity contribution < 1.29 is 62.7 Å². The molecule has 0 unspecified atom stereocenters. The van der Waals surface area contributed by atoms with Gasteiger partial charge in [-0.3, -0.25) is 19.2 Å². The van der Waals surface area contributed by atoms with E-state index in [4.69, 9.17) is 28.8 Å². The number of nitrogens with one attached hydrogen (secondary N) is 3. The van der Waals surface area contributed by atoms with E-state index < -0.39 is 23.9 Å². The number of ether oxygens (including phenoxy) is 5. The molecule has 3 amide bonds. The molecule has 62 heavy (non-hydrogen) atoms. The zero-order valence-corrected chi connectivity index (χ0v) is 38.9. The van der Waals surface area contributed by atoms with Crippen LogP contribution in [0.15, 0.2) is 24.3 Å². The average molecular weight is 947 g/mol. The maximum absolute atomic E-state index is 11.9. The first-order valence-electron chi connectivity index (χ1n) is 22.3. The highest BCUT2D eigenvalue weighted by atomic mass is 79.9. The minimum atomic E-state index is -1.12. The minimum absolute atomic E-state index is 0.00528. The molecule has 0 aliphatic heterocycles. The van der Waals surface area contributed by atoms with E-state index in [1.165, 1.54) is 64.2 Å². The maximum atomic E-state index is 11.9. The second kappa shape index (κ2) is 42.7. The zero-order valence-electron chi connectivity index (χ0n) is 37.4. The summed E-state index contributed by atoms with van der Waals surface area (Å²) in [5.74, 6) is -1.75. The summed E-state index contributed by atoms with van der Waals surface area (Å²) in [7, 11) is 1.56. The van der Waals surface area contributed by atoms with Crippen molar-refractivity contribution in [1.29, 1.82) is 0 Å². The summed E-state index contributed by atoms with van der Waals surface area (Å²) in [4.78, 5) is 68.0. The van der Waals surface area contributed by atoms with Gasteiger partial charge in [-0.1, -0.05) is 87.1 Å². The van der Waals surface area contributed by atoms with Gasteiger partial charge in [0.25, 0.3) is 0 Å². The Labute approximate surface area is 377 Å². The molecular weight excluding hydrogens is 870 g/mol. The van der Waals surface area contributed by atoms with Crippen molar-refractivity contribution in [2.24, 2.45) is 0 Å². The van der Waals surface area contributed by atoms with Gasteiger partial charge in [0.1, 0.15) is 25.0 Å². The van der Waals surface area contributed by atoms with Crippen LogP contribution >= 0.6 is 15.9 Å². The lowest BCUT2D eigenvalue weighted by Gasteiger charge is -2.14. The topological polar surface area (TPSA) is 225 Å². The SMILES string of the molecule is CCCNC(=O)CCCCCCCCCCCCCCOc1ccc(C(=O)O)cc1.COCCOCC(=O)CCCOCCOCC(=O)N[C@H](CCCCNC(=O)CBr)C(=O)O. The highest BCUT2D eigenvalue weighted by Gasteiger charge is 2.19. The number of aromatic carboxylic acids is 1. The number of hydrogen-bond acceptors (Lipinski definition) is 11. The molecule has 0 bridgehead atoms. The lowest BCUT2D eigenvalue weighted by Crippen LogP contribution is -2.42. The Bertz CT molecular complexity index is 1320. The monoisotopic (exact) mass is 945 g/mol. The number of alkyl halides is 1. The van der Waals surface area contributed by atoms with Crippen LogP contribution in [0.5, 0.6) is 5.75 Å². The molecule has 0 aromatic heterocycles. The Morgan fingerprint density at radius 3 is 1.77 bits per heavy atom. The van der Waals surface area contributed by atoms with Crippen LogP contribution in [0.3, 0.4) is 0 Å². The van der Waals surface area contributed by atoms with Crippen molar-refractivity contribution >= 4 is 51.4 Å². The number of carboxylic acids is 2. The number of hydrogen-bond donors (Lipinski definition) is 5. The molecular formula is C45H76BrN3O13. The van der Waals surface area contributed by atoms with E-state index in [-0.39, 0.29) is 61.3 Å². The second-order valence-electron chi connectivity index (χ2n) is 14.8. The Balaban J connectivity index is 0.00000120. The number of Topliss-reactive ketones (excluding diaryl/α,β-unsaturated/α-hetero) is 1. The molecule has 16 nitrogen and oxygen atoms in total. The molecule has 1 atom stereocenters. The molecule has 356 valence electrons. The molecule has 0 heterocycles. The fourth-order valence-corrected chi connectivity index (χ4v) is 5.99. The molecule has 0 aliphatic rings. The van der Waals surface area contributed by atoms with E-state index in [0.717, 1.165) is 31.6 Å². The third kappa shape index (κ3) is 38.1. The molecule has 5 N–H and O–H groups in total. The number of aliphatic carboxylic acids is 1. The van der Waals surface area contributed by atoms with Gasteiger partial charge in [-0.25, -0.2) is 9.59 Å². The third-order valence-corrected chi connectivity index (χ3v) is 9.79. The van der Waals surface area contributed by atoms with E-state index in [2.05, 4.69) is 38.8 Å².